The molecule has 2 saturated heterocycles. The van der Waals surface area contributed by atoms with Gasteiger partial charge in [0.2, 0.25) is 0 Å². The van der Waals surface area contributed by atoms with E-state index in [2.05, 4.69) is 5.32 Å². The lowest BCUT2D eigenvalue weighted by molar-refractivity contribution is -0.187. The number of ether oxygens (including phenoxy) is 3. The predicted molar refractivity (Wildman–Crippen MR) is 91.3 cm³/mol. The fraction of sp³-hybridized carbons (Fsp3) is 0.556. The Kier molecular flexibility index (Phi) is 5.24. The van der Waals surface area contributed by atoms with Gasteiger partial charge in [0.05, 0.1) is 19.3 Å². The van der Waals surface area contributed by atoms with Crippen molar-refractivity contribution in [3.8, 4) is 5.75 Å². The van der Waals surface area contributed by atoms with Crippen LogP contribution < -0.4 is 10.1 Å². The van der Waals surface area contributed by atoms with Crippen molar-refractivity contribution in [1.29, 1.82) is 0 Å². The molecule has 2 amide bonds. The quantitative estimate of drug-likeness (QED) is 0.843. The summed E-state index contributed by atoms with van der Waals surface area (Å²) >= 11 is 0. The summed E-state index contributed by atoms with van der Waals surface area (Å²) in [5, 5.41) is 2.63. The first kappa shape index (κ1) is 17.7. The molecule has 7 nitrogen and oxygen atoms in total. The van der Waals surface area contributed by atoms with E-state index < -0.39 is 17.6 Å². The van der Waals surface area contributed by atoms with Crippen molar-refractivity contribution >= 4 is 17.5 Å². The number of nitrogens with zero attached hydrogens (tertiary/aromatic N) is 1. The first-order chi connectivity index (χ1) is 12.0. The molecule has 1 N–H and O–H groups in total. The Bertz CT molecular complexity index is 613. The van der Waals surface area contributed by atoms with Gasteiger partial charge in [-0.3, -0.25) is 9.59 Å². The highest BCUT2D eigenvalue weighted by Gasteiger charge is 2.41. The van der Waals surface area contributed by atoms with Gasteiger partial charge in [-0.05, 0) is 38.1 Å². The van der Waals surface area contributed by atoms with E-state index in [1.165, 1.54) is 0 Å². The van der Waals surface area contributed by atoms with Crippen LogP contribution in [0.3, 0.4) is 0 Å². The molecular formula is C18H24N2O5. The topological polar surface area (TPSA) is 77.1 Å². The Morgan fingerprint density at radius 3 is 2.28 bits per heavy atom. The number of likely N-dealkylation sites (tertiary alicyclic amines) is 1. The van der Waals surface area contributed by atoms with Crippen LogP contribution in [0.25, 0.3) is 0 Å². The molecule has 0 atom stereocenters. The van der Waals surface area contributed by atoms with E-state index in [4.69, 9.17) is 14.2 Å². The van der Waals surface area contributed by atoms with Gasteiger partial charge in [0.1, 0.15) is 5.75 Å². The molecule has 136 valence electrons. The van der Waals surface area contributed by atoms with Crippen molar-refractivity contribution < 1.29 is 23.8 Å². The van der Waals surface area contributed by atoms with Crippen LogP contribution in [0.1, 0.15) is 26.7 Å². The molecule has 0 unspecified atom stereocenters. The molecule has 3 rings (SSSR count). The minimum absolute atomic E-state index is 0.0808. The summed E-state index contributed by atoms with van der Waals surface area (Å²) in [7, 11) is 0. The SMILES string of the molecule is CC(C)Oc1ccc(NC(=O)C(=O)N2CCC3(CC2)OCCO3)cc1. The second-order valence-corrected chi connectivity index (χ2v) is 6.54. The van der Waals surface area contributed by atoms with Gasteiger partial charge in [0.15, 0.2) is 5.79 Å². The zero-order valence-electron chi connectivity index (χ0n) is 14.6. The van der Waals surface area contributed by atoms with E-state index in [9.17, 15) is 9.59 Å². The molecule has 0 saturated carbocycles. The minimum atomic E-state index is -0.637. The highest BCUT2D eigenvalue weighted by atomic mass is 16.7. The molecule has 2 aliphatic rings. The van der Waals surface area contributed by atoms with Gasteiger partial charge in [0, 0.05) is 31.6 Å². The van der Waals surface area contributed by atoms with Gasteiger partial charge in [-0.2, -0.15) is 0 Å². The number of carbonyl (C=O) groups excluding carboxylic acids is 2. The molecule has 0 aliphatic carbocycles. The summed E-state index contributed by atoms with van der Waals surface area (Å²) in [5.41, 5.74) is 0.561. The predicted octanol–water partition coefficient (Wildman–Crippen LogP) is 1.78. The molecule has 1 aromatic rings. The summed E-state index contributed by atoms with van der Waals surface area (Å²) in [5.74, 6) is -1.01. The third kappa shape index (κ3) is 4.29. The summed E-state index contributed by atoms with van der Waals surface area (Å²) in [6, 6.07) is 6.96. The lowest BCUT2D eigenvalue weighted by Gasteiger charge is -2.37. The number of piperidine rings is 1. The Balaban J connectivity index is 1.52. The molecular weight excluding hydrogens is 324 g/mol. The van der Waals surface area contributed by atoms with Crippen molar-refractivity contribution in [3.63, 3.8) is 0 Å². The summed E-state index contributed by atoms with van der Waals surface area (Å²) in [4.78, 5) is 26.1. The molecule has 25 heavy (non-hydrogen) atoms. The third-order valence-corrected chi connectivity index (χ3v) is 4.30. The Hall–Kier alpha value is -2.12. The van der Waals surface area contributed by atoms with Crippen LogP contribution in [0.15, 0.2) is 24.3 Å². The molecule has 0 bridgehead atoms. The van der Waals surface area contributed by atoms with Crippen LogP contribution in [-0.2, 0) is 19.1 Å². The van der Waals surface area contributed by atoms with Crippen LogP contribution in [0.5, 0.6) is 5.75 Å². The van der Waals surface area contributed by atoms with E-state index in [1.807, 2.05) is 13.8 Å². The van der Waals surface area contributed by atoms with Gasteiger partial charge < -0.3 is 24.4 Å². The number of rotatable bonds is 3. The zero-order valence-corrected chi connectivity index (χ0v) is 14.6. The molecule has 2 fully saturated rings. The largest absolute Gasteiger partial charge is 0.491 e. The fourth-order valence-electron chi connectivity index (χ4n) is 3.05. The smallest absolute Gasteiger partial charge is 0.313 e. The molecule has 1 aromatic carbocycles. The standard InChI is InChI=1S/C18H24N2O5/c1-13(2)25-15-5-3-14(4-6-15)19-16(21)17(22)20-9-7-18(8-10-20)23-11-12-24-18/h3-6,13H,7-12H2,1-2H3,(H,19,21). The van der Waals surface area contributed by atoms with E-state index in [0.717, 1.165) is 5.75 Å². The summed E-state index contributed by atoms with van der Waals surface area (Å²) in [6.07, 6.45) is 1.26. The van der Waals surface area contributed by atoms with Gasteiger partial charge in [-0.15, -0.1) is 0 Å². The molecule has 1 spiro atoms. The zero-order chi connectivity index (χ0) is 17.9. The van der Waals surface area contributed by atoms with Gasteiger partial charge in [-0.1, -0.05) is 0 Å². The number of hydrogen-bond acceptors (Lipinski definition) is 5. The highest BCUT2D eigenvalue weighted by Crippen LogP contribution is 2.31. The van der Waals surface area contributed by atoms with E-state index in [-0.39, 0.29) is 6.10 Å². The normalized spacial score (nSPS) is 19.2. The molecule has 0 radical (unpaired) electrons. The molecule has 7 heteroatoms. The van der Waals surface area contributed by atoms with E-state index in [0.29, 0.717) is 44.8 Å². The fourth-order valence-corrected chi connectivity index (χ4v) is 3.05. The number of hydrogen-bond donors (Lipinski definition) is 1. The number of carbonyl (C=O) groups is 2. The number of amides is 2. The lowest BCUT2D eigenvalue weighted by atomic mass is 10.0. The Morgan fingerprint density at radius 2 is 1.72 bits per heavy atom. The van der Waals surface area contributed by atoms with E-state index >= 15 is 0 Å². The second kappa shape index (κ2) is 7.41. The van der Waals surface area contributed by atoms with Crippen molar-refractivity contribution in [2.45, 2.75) is 38.6 Å². The number of anilines is 1. The monoisotopic (exact) mass is 348 g/mol. The molecule has 0 aromatic heterocycles. The highest BCUT2D eigenvalue weighted by molar-refractivity contribution is 6.39. The second-order valence-electron chi connectivity index (χ2n) is 6.54. The first-order valence-electron chi connectivity index (χ1n) is 8.62. The van der Waals surface area contributed by atoms with Gasteiger partial charge >= 0.3 is 11.8 Å². The lowest BCUT2D eigenvalue weighted by Crippen LogP contribution is -2.50. The van der Waals surface area contributed by atoms with Crippen molar-refractivity contribution in [2.75, 3.05) is 31.6 Å². The molecule has 2 aliphatic heterocycles. The minimum Gasteiger partial charge on any atom is -0.491 e. The van der Waals surface area contributed by atoms with Crippen molar-refractivity contribution in [1.82, 2.24) is 4.90 Å². The summed E-state index contributed by atoms with van der Waals surface area (Å²) < 4.78 is 16.8. The number of benzene rings is 1. The van der Waals surface area contributed by atoms with Gasteiger partial charge in [0.25, 0.3) is 0 Å². The first-order valence-corrected chi connectivity index (χ1v) is 8.62. The Labute approximate surface area is 147 Å². The molecule has 2 heterocycles. The van der Waals surface area contributed by atoms with Crippen LogP contribution in [0.2, 0.25) is 0 Å². The van der Waals surface area contributed by atoms with Gasteiger partial charge in [-0.25, -0.2) is 0 Å². The van der Waals surface area contributed by atoms with Crippen LogP contribution in [0, 0.1) is 0 Å². The maximum Gasteiger partial charge on any atom is 0.313 e. The van der Waals surface area contributed by atoms with Crippen LogP contribution >= 0.6 is 0 Å². The third-order valence-electron chi connectivity index (χ3n) is 4.30. The van der Waals surface area contributed by atoms with Crippen LogP contribution in [-0.4, -0.2) is 54.9 Å². The average molecular weight is 348 g/mol. The van der Waals surface area contributed by atoms with Crippen LogP contribution in [0.4, 0.5) is 5.69 Å². The average Bonchev–Trinajstić information content (AvgIpc) is 3.04. The summed E-state index contributed by atoms with van der Waals surface area (Å²) in [6.45, 7) is 5.97. The van der Waals surface area contributed by atoms with E-state index in [1.54, 1.807) is 29.2 Å². The maximum absolute atomic E-state index is 12.3. The Morgan fingerprint density at radius 1 is 1.12 bits per heavy atom. The van der Waals surface area contributed by atoms with Crippen molar-refractivity contribution in [3.05, 3.63) is 24.3 Å². The maximum atomic E-state index is 12.3. The number of nitrogens with one attached hydrogen (secondary N) is 1. The van der Waals surface area contributed by atoms with Crippen molar-refractivity contribution in [2.24, 2.45) is 0 Å².